The number of hydrogen-bond donors (Lipinski definition) is 2. The van der Waals surface area contributed by atoms with Crippen molar-refractivity contribution in [2.75, 3.05) is 30.0 Å². The van der Waals surface area contributed by atoms with Gasteiger partial charge in [0, 0.05) is 12.3 Å². The zero-order valence-electron chi connectivity index (χ0n) is 12.7. The largest absolute Gasteiger partial charge is 0.490 e. The second kappa shape index (κ2) is 8.85. The summed E-state index contributed by atoms with van der Waals surface area (Å²) in [6.45, 7) is 4.06. The van der Waals surface area contributed by atoms with E-state index >= 15 is 0 Å². The van der Waals surface area contributed by atoms with E-state index in [-0.39, 0.29) is 18.1 Å². The van der Waals surface area contributed by atoms with Crippen molar-refractivity contribution in [2.45, 2.75) is 20.3 Å². The number of carbonyl (C=O) groups is 1. The first-order valence-corrected chi connectivity index (χ1v) is 9.26. The normalized spacial score (nSPS) is 11.0. The Bertz CT molecular complexity index is 605. The van der Waals surface area contributed by atoms with Crippen LogP contribution >= 0.6 is 11.6 Å². The number of sulfone groups is 1. The van der Waals surface area contributed by atoms with Gasteiger partial charge < -0.3 is 15.4 Å². The second-order valence-corrected chi connectivity index (χ2v) is 7.46. The highest BCUT2D eigenvalue weighted by Crippen LogP contribution is 2.32. The minimum atomic E-state index is -3.10. The Balaban J connectivity index is 2.62. The summed E-state index contributed by atoms with van der Waals surface area (Å²) in [5, 5.41) is 5.51. The van der Waals surface area contributed by atoms with Crippen LogP contribution in [0.3, 0.4) is 0 Å². The van der Waals surface area contributed by atoms with Crippen molar-refractivity contribution >= 4 is 33.2 Å². The van der Waals surface area contributed by atoms with Gasteiger partial charge in [-0.25, -0.2) is 13.2 Å². The Labute approximate surface area is 136 Å². The van der Waals surface area contributed by atoms with Gasteiger partial charge in [-0.3, -0.25) is 0 Å². The van der Waals surface area contributed by atoms with Crippen molar-refractivity contribution in [3.63, 3.8) is 0 Å². The predicted octanol–water partition coefficient (Wildman–Crippen LogP) is 2.69. The lowest BCUT2D eigenvalue weighted by atomic mass is 10.3. The molecule has 1 aromatic carbocycles. The van der Waals surface area contributed by atoms with Crippen molar-refractivity contribution in [3.8, 4) is 5.75 Å². The first-order valence-electron chi connectivity index (χ1n) is 7.06. The minimum Gasteiger partial charge on any atom is -0.490 e. The van der Waals surface area contributed by atoms with E-state index < -0.39 is 15.9 Å². The van der Waals surface area contributed by atoms with E-state index in [2.05, 4.69) is 10.6 Å². The third kappa shape index (κ3) is 6.11. The Hall–Kier alpha value is -1.47. The molecule has 0 fully saturated rings. The molecule has 0 bridgehead atoms. The van der Waals surface area contributed by atoms with Crippen LogP contribution in [-0.2, 0) is 9.84 Å². The number of halogens is 1. The summed E-state index contributed by atoms with van der Waals surface area (Å²) in [5.74, 6) is 0.368. The van der Waals surface area contributed by atoms with Crippen LogP contribution in [0.1, 0.15) is 20.3 Å². The number of anilines is 1. The van der Waals surface area contributed by atoms with Gasteiger partial charge in [0.2, 0.25) is 0 Å². The van der Waals surface area contributed by atoms with E-state index in [1.165, 1.54) is 0 Å². The van der Waals surface area contributed by atoms with Crippen LogP contribution < -0.4 is 15.4 Å². The van der Waals surface area contributed by atoms with Crippen molar-refractivity contribution < 1.29 is 17.9 Å². The van der Waals surface area contributed by atoms with Gasteiger partial charge in [0.25, 0.3) is 0 Å². The van der Waals surface area contributed by atoms with Crippen molar-refractivity contribution in [1.29, 1.82) is 0 Å². The lowest BCUT2D eigenvalue weighted by Crippen LogP contribution is -2.33. The fourth-order valence-corrected chi connectivity index (χ4v) is 2.52. The number of para-hydroxylation sites is 1. The van der Waals surface area contributed by atoms with Gasteiger partial charge in [0.05, 0.1) is 23.1 Å². The van der Waals surface area contributed by atoms with Crippen molar-refractivity contribution in [2.24, 2.45) is 0 Å². The lowest BCUT2D eigenvalue weighted by molar-refractivity contribution is 0.252. The summed E-state index contributed by atoms with van der Waals surface area (Å²) in [5.41, 5.74) is 0.441. The third-order valence-corrected chi connectivity index (χ3v) is 4.81. The number of hydrogen-bond acceptors (Lipinski definition) is 4. The summed E-state index contributed by atoms with van der Waals surface area (Å²) >= 11 is 6.06. The van der Waals surface area contributed by atoms with Crippen LogP contribution in [0.15, 0.2) is 18.2 Å². The molecule has 0 heterocycles. The Morgan fingerprint density at radius 3 is 2.68 bits per heavy atom. The Morgan fingerprint density at radius 1 is 1.32 bits per heavy atom. The molecule has 2 N–H and O–H groups in total. The molecule has 8 heteroatoms. The van der Waals surface area contributed by atoms with Crippen LogP contribution in [-0.4, -0.2) is 39.1 Å². The van der Waals surface area contributed by atoms with E-state index in [4.69, 9.17) is 16.3 Å². The molecule has 124 valence electrons. The highest BCUT2D eigenvalue weighted by molar-refractivity contribution is 7.91. The SMILES string of the molecule is CCCOc1c(Cl)cccc1NC(=O)NCCS(=O)(=O)CC. The zero-order chi connectivity index (χ0) is 16.6. The van der Waals surface area contributed by atoms with Crippen LogP contribution in [0.4, 0.5) is 10.5 Å². The molecule has 0 atom stereocenters. The molecule has 1 rings (SSSR count). The van der Waals surface area contributed by atoms with Crippen molar-refractivity contribution in [3.05, 3.63) is 23.2 Å². The predicted molar refractivity (Wildman–Crippen MR) is 88.6 cm³/mol. The van der Waals surface area contributed by atoms with E-state index in [1.807, 2.05) is 6.92 Å². The van der Waals surface area contributed by atoms with Gasteiger partial charge in [-0.1, -0.05) is 31.5 Å². The van der Waals surface area contributed by atoms with Crippen LogP contribution in [0.2, 0.25) is 5.02 Å². The van der Waals surface area contributed by atoms with Crippen LogP contribution in [0, 0.1) is 0 Å². The van der Waals surface area contributed by atoms with Gasteiger partial charge in [-0.2, -0.15) is 0 Å². The molecule has 0 saturated heterocycles. The molecule has 22 heavy (non-hydrogen) atoms. The zero-order valence-corrected chi connectivity index (χ0v) is 14.3. The molecule has 0 aliphatic heterocycles. The standard InChI is InChI=1S/C14H21ClN2O4S/c1-3-9-21-13-11(15)6-5-7-12(13)17-14(18)16-8-10-22(19,20)4-2/h5-7H,3-4,8-10H2,1-2H3,(H2,16,17,18). The van der Waals surface area contributed by atoms with E-state index in [1.54, 1.807) is 25.1 Å². The second-order valence-electron chi connectivity index (χ2n) is 4.58. The summed E-state index contributed by atoms with van der Waals surface area (Å²) in [6.07, 6.45) is 0.811. The molecule has 0 radical (unpaired) electrons. The first-order chi connectivity index (χ1) is 10.4. The molecule has 6 nitrogen and oxygen atoms in total. The molecule has 0 aliphatic carbocycles. The fraction of sp³-hybridized carbons (Fsp3) is 0.500. The summed E-state index contributed by atoms with van der Waals surface area (Å²) in [6, 6.07) is 4.52. The third-order valence-electron chi connectivity index (χ3n) is 2.80. The molecule has 0 aliphatic rings. The topological polar surface area (TPSA) is 84.5 Å². The van der Waals surface area contributed by atoms with Crippen LogP contribution in [0.5, 0.6) is 5.75 Å². The number of rotatable bonds is 8. The lowest BCUT2D eigenvalue weighted by Gasteiger charge is -2.14. The quantitative estimate of drug-likeness (QED) is 0.756. The molecule has 0 saturated carbocycles. The minimum absolute atomic E-state index is 0.0493. The van der Waals surface area contributed by atoms with Crippen molar-refractivity contribution in [1.82, 2.24) is 5.32 Å². The number of amides is 2. The highest BCUT2D eigenvalue weighted by Gasteiger charge is 2.12. The molecular formula is C14H21ClN2O4S. The maximum Gasteiger partial charge on any atom is 0.319 e. The van der Waals surface area contributed by atoms with Gasteiger partial charge in [-0.15, -0.1) is 0 Å². The number of nitrogens with one attached hydrogen (secondary N) is 2. The smallest absolute Gasteiger partial charge is 0.319 e. The van der Waals surface area contributed by atoms with Gasteiger partial charge in [-0.05, 0) is 18.6 Å². The maximum atomic E-state index is 11.8. The number of ether oxygens (including phenoxy) is 1. The average molecular weight is 349 g/mol. The van der Waals surface area contributed by atoms with E-state index in [0.717, 1.165) is 6.42 Å². The Kier molecular flexibility index (Phi) is 7.47. The molecular weight excluding hydrogens is 328 g/mol. The molecule has 0 aromatic heterocycles. The maximum absolute atomic E-state index is 11.8. The fourth-order valence-electron chi connectivity index (χ4n) is 1.59. The van der Waals surface area contributed by atoms with Gasteiger partial charge in [0.15, 0.2) is 15.6 Å². The van der Waals surface area contributed by atoms with E-state index in [9.17, 15) is 13.2 Å². The Morgan fingerprint density at radius 2 is 2.05 bits per heavy atom. The first kappa shape index (κ1) is 18.6. The summed E-state index contributed by atoms with van der Waals surface area (Å²) in [7, 11) is -3.10. The van der Waals surface area contributed by atoms with E-state index in [0.29, 0.717) is 23.1 Å². The number of carbonyl (C=O) groups excluding carboxylic acids is 1. The van der Waals surface area contributed by atoms with Gasteiger partial charge >= 0.3 is 6.03 Å². The van der Waals surface area contributed by atoms with Crippen LogP contribution in [0.25, 0.3) is 0 Å². The van der Waals surface area contributed by atoms with Gasteiger partial charge in [0.1, 0.15) is 0 Å². The highest BCUT2D eigenvalue weighted by atomic mass is 35.5. The average Bonchev–Trinajstić information content (AvgIpc) is 2.46. The monoisotopic (exact) mass is 348 g/mol. The summed E-state index contributed by atoms with van der Waals surface area (Å²) in [4.78, 5) is 11.8. The number of urea groups is 1. The molecule has 0 unspecified atom stereocenters. The number of benzene rings is 1. The molecule has 2 amide bonds. The molecule has 1 aromatic rings. The molecule has 0 spiro atoms. The summed E-state index contributed by atoms with van der Waals surface area (Å²) < 4.78 is 28.2.